The Morgan fingerprint density at radius 2 is 1.85 bits per heavy atom. The largest absolute Gasteiger partial charge is 0.350 e. The fraction of sp³-hybridized carbons (Fsp3) is 0.667. The van der Waals surface area contributed by atoms with Crippen LogP contribution in [0.15, 0.2) is 24.4 Å². The first-order valence-electron chi connectivity index (χ1n) is 13.2. The maximum atomic E-state index is 13.4. The fourth-order valence-corrected chi connectivity index (χ4v) is 7.88. The van der Waals surface area contributed by atoms with Crippen molar-refractivity contribution in [2.75, 3.05) is 26.2 Å². The number of pyridine rings is 1. The summed E-state index contributed by atoms with van der Waals surface area (Å²) in [5, 5.41) is 6.67. The van der Waals surface area contributed by atoms with E-state index in [2.05, 4.69) is 29.5 Å². The molecule has 5 fully saturated rings. The molecule has 7 rings (SSSR count). The van der Waals surface area contributed by atoms with Crippen LogP contribution in [0.2, 0.25) is 0 Å². The van der Waals surface area contributed by atoms with Gasteiger partial charge in [0.15, 0.2) is 0 Å². The van der Waals surface area contributed by atoms with Crippen molar-refractivity contribution >= 4 is 17.5 Å². The number of amides is 2. The van der Waals surface area contributed by atoms with Crippen molar-refractivity contribution in [1.29, 1.82) is 0 Å². The van der Waals surface area contributed by atoms with Gasteiger partial charge < -0.3 is 15.5 Å². The molecular weight excluding hydrogens is 426 g/mol. The zero-order valence-corrected chi connectivity index (χ0v) is 20.4. The quantitative estimate of drug-likeness (QED) is 0.713. The van der Waals surface area contributed by atoms with E-state index in [1.807, 2.05) is 23.1 Å². The number of aromatic nitrogens is 2. The van der Waals surface area contributed by atoms with E-state index in [-0.39, 0.29) is 17.9 Å². The molecule has 34 heavy (non-hydrogen) atoms. The van der Waals surface area contributed by atoms with Crippen LogP contribution in [0.4, 0.5) is 0 Å². The molecule has 2 aromatic rings. The number of hydrogen-bond donors (Lipinski definition) is 2. The molecular formula is C27H37N5O2. The van der Waals surface area contributed by atoms with Crippen molar-refractivity contribution in [2.45, 2.75) is 58.4 Å². The van der Waals surface area contributed by atoms with Gasteiger partial charge in [0.25, 0.3) is 11.8 Å². The highest BCUT2D eigenvalue weighted by atomic mass is 16.2. The lowest BCUT2D eigenvalue weighted by atomic mass is 9.49. The second-order valence-corrected chi connectivity index (χ2v) is 11.9. The van der Waals surface area contributed by atoms with Crippen LogP contribution in [0.25, 0.3) is 5.65 Å². The van der Waals surface area contributed by atoms with Crippen LogP contribution in [-0.4, -0.2) is 58.3 Å². The molecule has 2 N–H and O–H groups in total. The third-order valence-corrected chi connectivity index (χ3v) is 9.05. The minimum atomic E-state index is -0.0695. The summed E-state index contributed by atoms with van der Waals surface area (Å²) in [5.41, 5.74) is 1.90. The van der Waals surface area contributed by atoms with Gasteiger partial charge in [-0.25, -0.2) is 4.98 Å². The van der Waals surface area contributed by atoms with Gasteiger partial charge in [-0.1, -0.05) is 19.9 Å². The van der Waals surface area contributed by atoms with Gasteiger partial charge in [0.2, 0.25) is 0 Å². The maximum Gasteiger partial charge on any atom is 0.274 e. The predicted octanol–water partition coefficient (Wildman–Crippen LogP) is 3.35. The number of carbonyl (C=O) groups is 2. The lowest BCUT2D eigenvalue weighted by molar-refractivity contribution is -0.0503. The Bertz CT molecular complexity index is 1070. The zero-order chi connectivity index (χ0) is 23.4. The molecule has 7 heteroatoms. The minimum absolute atomic E-state index is 0.0520. The molecule has 0 unspecified atom stereocenters. The lowest BCUT2D eigenvalue weighted by Gasteiger charge is -2.56. The molecule has 5 aliphatic rings. The molecule has 1 saturated heterocycles. The topological polar surface area (TPSA) is 78.7 Å². The van der Waals surface area contributed by atoms with E-state index in [0.29, 0.717) is 34.9 Å². The molecule has 1 aliphatic heterocycles. The number of nitrogens with one attached hydrogen (secondary N) is 2. The standard InChI is InChI=1S/C27H37N5O2/c1-17(2)23-14-28-6-7-31(23)26(34)21-15-32-22(4-3-5-24(32)30-21)25(33)29-16-27-11-18-8-19(12-27)10-20(9-18)13-27/h3-5,15,17-20,23,28H,6-14,16H2,1-2H3,(H,29,33)/t18?,19?,20?,23-,27?/m1/s1. The van der Waals surface area contributed by atoms with Crippen LogP contribution in [0.5, 0.6) is 0 Å². The van der Waals surface area contributed by atoms with Gasteiger partial charge in [-0.05, 0) is 79.7 Å². The normalized spacial score (nSPS) is 32.5. The summed E-state index contributed by atoms with van der Waals surface area (Å²) < 4.78 is 1.79. The molecule has 7 nitrogen and oxygen atoms in total. The van der Waals surface area contributed by atoms with Gasteiger partial charge in [0.05, 0.1) is 0 Å². The van der Waals surface area contributed by atoms with Gasteiger partial charge >= 0.3 is 0 Å². The SMILES string of the molecule is CC(C)[C@H]1CNCCN1C(=O)c1cn2c(C(=O)NCC34CC5CC(CC(C5)C3)C4)cccc2n1. The molecule has 4 saturated carbocycles. The number of imidazole rings is 1. The van der Waals surface area contributed by atoms with Crippen molar-refractivity contribution in [2.24, 2.45) is 29.1 Å². The van der Waals surface area contributed by atoms with Gasteiger partial charge in [0.1, 0.15) is 17.0 Å². The second kappa shape index (κ2) is 8.36. The molecule has 0 radical (unpaired) electrons. The molecule has 0 aromatic carbocycles. The number of fused-ring (bicyclic) bond motifs is 1. The molecule has 1 atom stereocenters. The summed E-state index contributed by atoms with van der Waals surface area (Å²) in [5.74, 6) is 2.85. The van der Waals surface area contributed by atoms with E-state index in [1.165, 1.54) is 38.5 Å². The Kier molecular flexibility index (Phi) is 5.43. The summed E-state index contributed by atoms with van der Waals surface area (Å²) in [6.45, 7) is 7.33. The molecule has 2 aromatic heterocycles. The third-order valence-electron chi connectivity index (χ3n) is 9.05. The highest BCUT2D eigenvalue weighted by Crippen LogP contribution is 2.59. The van der Waals surface area contributed by atoms with Crippen LogP contribution in [0, 0.1) is 29.1 Å². The van der Waals surface area contributed by atoms with Gasteiger partial charge in [-0.15, -0.1) is 0 Å². The number of nitrogens with zero attached hydrogens (tertiary/aromatic N) is 3. The summed E-state index contributed by atoms with van der Waals surface area (Å²) in [6.07, 6.45) is 9.78. The van der Waals surface area contributed by atoms with Gasteiger partial charge in [-0.2, -0.15) is 0 Å². The summed E-state index contributed by atoms with van der Waals surface area (Å²) in [6, 6.07) is 5.70. The molecule has 4 bridgehead atoms. The second-order valence-electron chi connectivity index (χ2n) is 11.9. The first-order valence-corrected chi connectivity index (χ1v) is 13.2. The number of piperazine rings is 1. The first-order chi connectivity index (χ1) is 16.4. The maximum absolute atomic E-state index is 13.4. The summed E-state index contributed by atoms with van der Waals surface area (Å²) in [4.78, 5) is 33.2. The van der Waals surface area contributed by atoms with Crippen LogP contribution < -0.4 is 10.6 Å². The Labute approximate surface area is 201 Å². The van der Waals surface area contributed by atoms with Gasteiger partial charge in [-0.3, -0.25) is 14.0 Å². The summed E-state index contributed by atoms with van der Waals surface area (Å²) >= 11 is 0. The summed E-state index contributed by atoms with van der Waals surface area (Å²) in [7, 11) is 0. The average molecular weight is 464 g/mol. The number of hydrogen-bond acceptors (Lipinski definition) is 4. The van der Waals surface area contributed by atoms with Crippen molar-refractivity contribution in [3.63, 3.8) is 0 Å². The Hall–Kier alpha value is -2.41. The van der Waals surface area contributed by atoms with E-state index in [1.54, 1.807) is 10.6 Å². The number of rotatable bonds is 5. The Balaban J connectivity index is 1.20. The minimum Gasteiger partial charge on any atom is -0.350 e. The van der Waals surface area contributed by atoms with E-state index in [0.717, 1.165) is 37.4 Å². The molecule has 4 aliphatic carbocycles. The fourth-order valence-electron chi connectivity index (χ4n) is 7.88. The van der Waals surface area contributed by atoms with Crippen LogP contribution in [0.1, 0.15) is 73.3 Å². The zero-order valence-electron chi connectivity index (χ0n) is 20.4. The Morgan fingerprint density at radius 3 is 2.53 bits per heavy atom. The monoisotopic (exact) mass is 463 g/mol. The van der Waals surface area contributed by atoms with E-state index in [9.17, 15) is 9.59 Å². The van der Waals surface area contributed by atoms with Crippen molar-refractivity contribution in [1.82, 2.24) is 24.9 Å². The third kappa shape index (κ3) is 3.82. The van der Waals surface area contributed by atoms with Crippen molar-refractivity contribution in [3.05, 3.63) is 35.8 Å². The molecule has 182 valence electrons. The lowest BCUT2D eigenvalue weighted by Crippen LogP contribution is -2.55. The highest BCUT2D eigenvalue weighted by Gasteiger charge is 2.50. The predicted molar refractivity (Wildman–Crippen MR) is 131 cm³/mol. The van der Waals surface area contributed by atoms with Crippen molar-refractivity contribution in [3.8, 4) is 0 Å². The number of carbonyl (C=O) groups excluding carboxylic acids is 2. The van der Waals surface area contributed by atoms with Crippen molar-refractivity contribution < 1.29 is 9.59 Å². The smallest absolute Gasteiger partial charge is 0.274 e. The van der Waals surface area contributed by atoms with Crippen LogP contribution >= 0.6 is 0 Å². The Morgan fingerprint density at radius 1 is 1.15 bits per heavy atom. The van der Waals surface area contributed by atoms with Gasteiger partial charge in [0, 0.05) is 38.4 Å². The molecule has 0 spiro atoms. The highest BCUT2D eigenvalue weighted by molar-refractivity contribution is 5.95. The molecule has 2 amide bonds. The van der Waals surface area contributed by atoms with Crippen LogP contribution in [0.3, 0.4) is 0 Å². The van der Waals surface area contributed by atoms with E-state index >= 15 is 0 Å². The van der Waals surface area contributed by atoms with Crippen LogP contribution in [-0.2, 0) is 0 Å². The van der Waals surface area contributed by atoms with E-state index in [4.69, 9.17) is 0 Å². The average Bonchev–Trinajstić information content (AvgIpc) is 3.26. The first kappa shape index (κ1) is 22.1. The molecule has 3 heterocycles. The van der Waals surface area contributed by atoms with E-state index < -0.39 is 0 Å².